The molecule has 0 saturated heterocycles. The zero-order valence-electron chi connectivity index (χ0n) is 19.8. The van der Waals surface area contributed by atoms with E-state index in [0.29, 0.717) is 50.0 Å². The van der Waals surface area contributed by atoms with Gasteiger partial charge in [0.1, 0.15) is 11.5 Å². The molecule has 2 aromatic heterocycles. The Hall–Kier alpha value is -4.83. The van der Waals surface area contributed by atoms with E-state index in [9.17, 15) is 14.9 Å². The Bertz CT molecular complexity index is 1630. The molecule has 3 aromatic carbocycles. The molecule has 0 aliphatic carbocycles. The normalized spacial score (nSPS) is 10.8. The summed E-state index contributed by atoms with van der Waals surface area (Å²) in [5.41, 5.74) is 3.72. The topological polar surface area (TPSA) is 116 Å². The summed E-state index contributed by atoms with van der Waals surface area (Å²) in [6.07, 6.45) is 0. The predicted molar refractivity (Wildman–Crippen MR) is 142 cm³/mol. The van der Waals surface area contributed by atoms with E-state index < -0.39 is 4.92 Å². The number of hydrogen-bond acceptors (Lipinski definition) is 8. The molecule has 5 rings (SSSR count). The number of fused-ring (bicyclic) bond motifs is 1. The molecular weight excluding hydrogens is 492 g/mol. The number of hydrogen-bond donors (Lipinski definition) is 1. The Balaban J connectivity index is 1.48. The molecule has 0 radical (unpaired) electrons. The van der Waals surface area contributed by atoms with Gasteiger partial charge in [0.2, 0.25) is 0 Å². The molecule has 9 nitrogen and oxygen atoms in total. The molecule has 1 amide bonds. The predicted octanol–water partition coefficient (Wildman–Crippen LogP) is 6.20. The molecule has 37 heavy (non-hydrogen) atoms. The summed E-state index contributed by atoms with van der Waals surface area (Å²) in [5.74, 6) is 0.880. The zero-order valence-corrected chi connectivity index (χ0v) is 20.6. The minimum Gasteiger partial charge on any atom is -0.497 e. The number of carbonyl (C=O) groups is 1. The lowest BCUT2D eigenvalue weighted by molar-refractivity contribution is -0.384. The first-order valence-electron chi connectivity index (χ1n) is 11.1. The van der Waals surface area contributed by atoms with Crippen LogP contribution in [0.4, 0.5) is 10.8 Å². The molecule has 0 saturated carbocycles. The lowest BCUT2D eigenvalue weighted by Gasteiger charge is -2.13. The zero-order chi connectivity index (χ0) is 25.9. The molecule has 0 spiro atoms. The number of aromatic nitrogens is 2. The fourth-order valence-electron chi connectivity index (χ4n) is 3.89. The fourth-order valence-corrected chi connectivity index (χ4v) is 4.61. The van der Waals surface area contributed by atoms with Crippen LogP contribution >= 0.6 is 11.3 Å². The SMILES string of the molecule is COc1ccc(-c2cc(C(=O)Nc3nc(-c4ccc([N+](=O)[O-])cc4)cs3)c3ccccc3n2)c(OC)c1. The van der Waals surface area contributed by atoms with Crippen LogP contribution in [-0.2, 0) is 0 Å². The number of methoxy groups -OCH3 is 2. The van der Waals surface area contributed by atoms with E-state index in [4.69, 9.17) is 14.5 Å². The summed E-state index contributed by atoms with van der Waals surface area (Å²) in [5, 5.41) is 16.7. The third kappa shape index (κ3) is 4.82. The number of nitro benzene ring substituents is 1. The number of nitrogens with zero attached hydrogens (tertiary/aromatic N) is 3. The number of benzene rings is 3. The summed E-state index contributed by atoms with van der Waals surface area (Å²) < 4.78 is 10.8. The molecule has 2 heterocycles. The van der Waals surface area contributed by atoms with Gasteiger partial charge in [0.05, 0.1) is 41.6 Å². The lowest BCUT2D eigenvalue weighted by Crippen LogP contribution is -2.13. The van der Waals surface area contributed by atoms with E-state index in [1.54, 1.807) is 43.9 Å². The van der Waals surface area contributed by atoms with Gasteiger partial charge >= 0.3 is 0 Å². The monoisotopic (exact) mass is 512 g/mol. The van der Waals surface area contributed by atoms with Crippen LogP contribution in [0.3, 0.4) is 0 Å². The van der Waals surface area contributed by atoms with Crippen molar-refractivity contribution in [2.45, 2.75) is 0 Å². The molecule has 0 unspecified atom stereocenters. The van der Waals surface area contributed by atoms with Gasteiger partial charge < -0.3 is 9.47 Å². The minimum atomic E-state index is -0.453. The van der Waals surface area contributed by atoms with Crippen molar-refractivity contribution in [3.63, 3.8) is 0 Å². The van der Waals surface area contributed by atoms with Crippen molar-refractivity contribution in [3.05, 3.63) is 93.9 Å². The molecule has 0 aliphatic heterocycles. The molecular formula is C27H20N4O5S. The van der Waals surface area contributed by atoms with Crippen LogP contribution in [0.25, 0.3) is 33.4 Å². The lowest BCUT2D eigenvalue weighted by atomic mass is 10.0. The van der Waals surface area contributed by atoms with Crippen molar-refractivity contribution in [2.75, 3.05) is 19.5 Å². The molecule has 0 fully saturated rings. The average Bonchev–Trinajstić information content (AvgIpc) is 3.40. The summed E-state index contributed by atoms with van der Waals surface area (Å²) in [6, 6.07) is 20.7. The van der Waals surface area contributed by atoms with Crippen LogP contribution in [-0.4, -0.2) is 35.0 Å². The van der Waals surface area contributed by atoms with Crippen LogP contribution < -0.4 is 14.8 Å². The number of para-hydroxylation sites is 1. The first kappa shape index (κ1) is 23.9. The summed E-state index contributed by atoms with van der Waals surface area (Å²) >= 11 is 1.27. The number of carbonyl (C=O) groups excluding carboxylic acids is 1. The van der Waals surface area contributed by atoms with Crippen LogP contribution in [0.2, 0.25) is 0 Å². The maximum absolute atomic E-state index is 13.4. The second kappa shape index (κ2) is 10.0. The maximum Gasteiger partial charge on any atom is 0.269 e. The Morgan fingerprint density at radius 1 is 0.946 bits per heavy atom. The highest BCUT2D eigenvalue weighted by Crippen LogP contribution is 2.35. The highest BCUT2D eigenvalue weighted by molar-refractivity contribution is 7.14. The second-order valence-corrected chi connectivity index (χ2v) is 8.79. The van der Waals surface area contributed by atoms with Gasteiger partial charge in [0, 0.05) is 40.1 Å². The molecule has 1 N–H and O–H groups in total. The molecule has 0 aliphatic rings. The van der Waals surface area contributed by atoms with Gasteiger partial charge in [-0.2, -0.15) is 0 Å². The third-order valence-electron chi connectivity index (χ3n) is 5.74. The highest BCUT2D eigenvalue weighted by Gasteiger charge is 2.18. The number of pyridine rings is 1. The van der Waals surface area contributed by atoms with Crippen LogP contribution in [0, 0.1) is 10.1 Å². The number of non-ortho nitro benzene ring substituents is 1. The van der Waals surface area contributed by atoms with Crippen molar-refractivity contribution >= 4 is 39.0 Å². The van der Waals surface area contributed by atoms with E-state index >= 15 is 0 Å². The minimum absolute atomic E-state index is 0.00126. The van der Waals surface area contributed by atoms with E-state index in [-0.39, 0.29) is 11.6 Å². The Kier molecular flexibility index (Phi) is 6.48. The summed E-state index contributed by atoms with van der Waals surface area (Å²) in [6.45, 7) is 0. The van der Waals surface area contributed by atoms with Crippen LogP contribution in [0.1, 0.15) is 10.4 Å². The smallest absolute Gasteiger partial charge is 0.269 e. The van der Waals surface area contributed by atoms with Gasteiger partial charge in [0.25, 0.3) is 11.6 Å². The Morgan fingerprint density at radius 2 is 1.73 bits per heavy atom. The highest BCUT2D eigenvalue weighted by atomic mass is 32.1. The summed E-state index contributed by atoms with van der Waals surface area (Å²) in [7, 11) is 3.15. The Morgan fingerprint density at radius 3 is 2.46 bits per heavy atom. The number of ether oxygens (including phenoxy) is 2. The van der Waals surface area contributed by atoms with Crippen molar-refractivity contribution < 1.29 is 19.2 Å². The standard InChI is InChI=1S/C27H20N4O5S/c1-35-18-11-12-20(25(13-18)36-2)23-14-21(19-5-3-4-6-22(19)28-23)26(32)30-27-29-24(15-37-27)16-7-9-17(10-8-16)31(33)34/h3-15H,1-2H3,(H,29,30,32). The average molecular weight is 513 g/mol. The number of thiazole rings is 1. The van der Waals surface area contributed by atoms with Gasteiger partial charge in [-0.05, 0) is 36.4 Å². The van der Waals surface area contributed by atoms with Crippen molar-refractivity contribution in [3.8, 4) is 34.0 Å². The second-order valence-electron chi connectivity index (χ2n) is 7.93. The van der Waals surface area contributed by atoms with E-state index in [1.165, 1.54) is 23.5 Å². The van der Waals surface area contributed by atoms with E-state index in [2.05, 4.69) is 10.3 Å². The molecule has 0 bridgehead atoms. The van der Waals surface area contributed by atoms with Gasteiger partial charge in [0.15, 0.2) is 5.13 Å². The van der Waals surface area contributed by atoms with Crippen LogP contribution in [0.5, 0.6) is 11.5 Å². The van der Waals surface area contributed by atoms with Gasteiger partial charge in [-0.15, -0.1) is 11.3 Å². The molecule has 0 atom stereocenters. The first-order chi connectivity index (χ1) is 18.0. The van der Waals surface area contributed by atoms with Gasteiger partial charge in [-0.3, -0.25) is 20.2 Å². The largest absolute Gasteiger partial charge is 0.497 e. The maximum atomic E-state index is 13.4. The van der Waals surface area contributed by atoms with Crippen molar-refractivity contribution in [1.82, 2.24) is 9.97 Å². The van der Waals surface area contributed by atoms with Crippen molar-refractivity contribution in [1.29, 1.82) is 0 Å². The quantitative estimate of drug-likeness (QED) is 0.204. The number of rotatable bonds is 7. The number of nitrogens with one attached hydrogen (secondary N) is 1. The van der Waals surface area contributed by atoms with Gasteiger partial charge in [-0.1, -0.05) is 18.2 Å². The Labute approximate surface area is 215 Å². The molecule has 5 aromatic rings. The van der Waals surface area contributed by atoms with E-state index in [1.807, 2.05) is 36.4 Å². The van der Waals surface area contributed by atoms with Crippen LogP contribution in [0.15, 0.2) is 78.2 Å². The summed E-state index contributed by atoms with van der Waals surface area (Å²) in [4.78, 5) is 33.1. The van der Waals surface area contributed by atoms with Crippen molar-refractivity contribution in [2.24, 2.45) is 0 Å². The van der Waals surface area contributed by atoms with Gasteiger partial charge in [-0.25, -0.2) is 9.97 Å². The number of nitro groups is 1. The van der Waals surface area contributed by atoms with E-state index in [0.717, 1.165) is 5.56 Å². The number of amides is 1. The fraction of sp³-hybridized carbons (Fsp3) is 0.0741. The molecule has 10 heteroatoms. The number of anilines is 1. The third-order valence-corrected chi connectivity index (χ3v) is 6.50. The molecule has 184 valence electrons. The first-order valence-corrected chi connectivity index (χ1v) is 12.0.